The van der Waals surface area contributed by atoms with E-state index in [1.54, 1.807) is 42.5 Å². The number of hydrogen-bond acceptors (Lipinski definition) is 6. The lowest BCUT2D eigenvalue weighted by atomic mass is 10.3. The van der Waals surface area contributed by atoms with Crippen molar-refractivity contribution in [3.63, 3.8) is 0 Å². The predicted octanol–water partition coefficient (Wildman–Crippen LogP) is 2.38. The zero-order chi connectivity index (χ0) is 22.3. The molecule has 2 aromatic rings. The minimum atomic E-state index is -3.59. The Labute approximate surface area is 185 Å². The minimum Gasteiger partial charge on any atom is -0.456 e. The van der Waals surface area contributed by atoms with Crippen molar-refractivity contribution in [1.82, 2.24) is 9.21 Å². The van der Waals surface area contributed by atoms with Gasteiger partial charge < -0.3 is 9.64 Å². The van der Waals surface area contributed by atoms with E-state index in [2.05, 4.69) is 0 Å². The second kappa shape index (κ2) is 10.7. The molecule has 0 radical (unpaired) electrons. The summed E-state index contributed by atoms with van der Waals surface area (Å²) >= 11 is 1.40. The van der Waals surface area contributed by atoms with Gasteiger partial charge in [-0.1, -0.05) is 18.2 Å². The molecule has 0 aromatic heterocycles. The van der Waals surface area contributed by atoms with E-state index in [9.17, 15) is 22.4 Å². The minimum absolute atomic E-state index is 0.123. The fraction of sp³-hybridized carbons (Fsp3) is 0.333. The molecule has 1 amide bonds. The van der Waals surface area contributed by atoms with Crippen molar-refractivity contribution in [3.05, 3.63) is 60.4 Å². The lowest BCUT2D eigenvalue weighted by Gasteiger charge is -2.33. The largest absolute Gasteiger partial charge is 0.456 e. The lowest BCUT2D eigenvalue weighted by Crippen LogP contribution is -2.51. The van der Waals surface area contributed by atoms with Crippen LogP contribution in [0.15, 0.2) is 64.4 Å². The lowest BCUT2D eigenvalue weighted by molar-refractivity contribution is -0.152. The number of amides is 1. The number of rotatable bonds is 8. The number of sulfonamides is 1. The molecule has 1 fully saturated rings. The van der Waals surface area contributed by atoms with Crippen molar-refractivity contribution < 1.29 is 27.1 Å². The third kappa shape index (κ3) is 6.52. The average molecular weight is 467 g/mol. The van der Waals surface area contributed by atoms with E-state index in [0.717, 1.165) is 4.90 Å². The molecular formula is C21H23FN2O5S2. The van der Waals surface area contributed by atoms with Crippen molar-refractivity contribution in [1.29, 1.82) is 0 Å². The first-order valence-electron chi connectivity index (χ1n) is 9.73. The van der Waals surface area contributed by atoms with Gasteiger partial charge in [0.15, 0.2) is 6.61 Å². The van der Waals surface area contributed by atoms with Gasteiger partial charge in [0.1, 0.15) is 5.82 Å². The summed E-state index contributed by atoms with van der Waals surface area (Å²) in [5.41, 5.74) is 0. The maximum Gasteiger partial charge on any atom is 0.307 e. The summed E-state index contributed by atoms with van der Waals surface area (Å²) in [6.07, 6.45) is 0.123. The second-order valence-electron chi connectivity index (χ2n) is 6.81. The molecule has 0 bridgehead atoms. The molecule has 10 heteroatoms. The Morgan fingerprint density at radius 2 is 1.61 bits per heavy atom. The van der Waals surface area contributed by atoms with Crippen LogP contribution in [0.5, 0.6) is 0 Å². The molecule has 7 nitrogen and oxygen atoms in total. The van der Waals surface area contributed by atoms with E-state index < -0.39 is 16.0 Å². The summed E-state index contributed by atoms with van der Waals surface area (Å²) < 4.78 is 44.5. The van der Waals surface area contributed by atoms with Gasteiger partial charge in [0, 0.05) is 36.8 Å². The molecule has 2 aromatic carbocycles. The summed E-state index contributed by atoms with van der Waals surface area (Å²) in [5.74, 6) is -0.709. The van der Waals surface area contributed by atoms with E-state index >= 15 is 0 Å². The number of piperazine rings is 1. The fourth-order valence-electron chi connectivity index (χ4n) is 3.01. The van der Waals surface area contributed by atoms with Crippen LogP contribution < -0.4 is 0 Å². The van der Waals surface area contributed by atoms with Crippen molar-refractivity contribution in [3.8, 4) is 0 Å². The van der Waals surface area contributed by atoms with Crippen LogP contribution in [0.4, 0.5) is 4.39 Å². The molecule has 1 heterocycles. The molecule has 0 atom stereocenters. The van der Waals surface area contributed by atoms with Gasteiger partial charge in [-0.2, -0.15) is 4.31 Å². The van der Waals surface area contributed by atoms with Gasteiger partial charge in [-0.15, -0.1) is 11.8 Å². The molecular weight excluding hydrogens is 443 g/mol. The van der Waals surface area contributed by atoms with Gasteiger partial charge in [-0.05, 0) is 36.4 Å². The SMILES string of the molecule is O=C(CCSc1ccc(F)cc1)OCC(=O)N1CCN(S(=O)(=O)c2ccccc2)CC1. The Hall–Kier alpha value is -2.43. The summed E-state index contributed by atoms with van der Waals surface area (Å²) in [6.45, 7) is 0.480. The van der Waals surface area contributed by atoms with Crippen molar-refractivity contribution in [2.24, 2.45) is 0 Å². The van der Waals surface area contributed by atoms with Crippen LogP contribution in [0.2, 0.25) is 0 Å². The number of carbonyl (C=O) groups excluding carboxylic acids is 2. The average Bonchev–Trinajstić information content (AvgIpc) is 2.79. The quantitative estimate of drug-likeness (QED) is 0.439. The summed E-state index contributed by atoms with van der Waals surface area (Å²) in [6, 6.07) is 14.1. The molecule has 166 valence electrons. The highest BCUT2D eigenvalue weighted by molar-refractivity contribution is 7.99. The van der Waals surface area contributed by atoms with E-state index in [0.29, 0.717) is 5.75 Å². The van der Waals surface area contributed by atoms with E-state index in [1.165, 1.54) is 33.1 Å². The van der Waals surface area contributed by atoms with Crippen molar-refractivity contribution in [2.75, 3.05) is 38.5 Å². The standard InChI is InChI=1S/C21H23FN2O5S2/c22-17-6-8-18(9-7-17)30-15-10-21(26)29-16-20(25)23-11-13-24(14-12-23)31(27,28)19-4-2-1-3-5-19/h1-9H,10-16H2. The first-order valence-corrected chi connectivity index (χ1v) is 12.2. The Morgan fingerprint density at radius 3 is 2.26 bits per heavy atom. The highest BCUT2D eigenvalue weighted by Crippen LogP contribution is 2.19. The first kappa shape index (κ1) is 23.2. The Morgan fingerprint density at radius 1 is 0.968 bits per heavy atom. The predicted molar refractivity (Wildman–Crippen MR) is 114 cm³/mol. The number of thioether (sulfide) groups is 1. The second-order valence-corrected chi connectivity index (χ2v) is 9.92. The van der Waals surface area contributed by atoms with Crippen molar-refractivity contribution in [2.45, 2.75) is 16.2 Å². The van der Waals surface area contributed by atoms with Gasteiger partial charge in [-0.25, -0.2) is 12.8 Å². The number of ether oxygens (including phenoxy) is 1. The number of nitrogens with zero attached hydrogens (tertiary/aromatic N) is 2. The van der Waals surface area contributed by atoms with Crippen molar-refractivity contribution >= 4 is 33.7 Å². The fourth-order valence-corrected chi connectivity index (χ4v) is 5.28. The topological polar surface area (TPSA) is 84.0 Å². The number of esters is 1. The van der Waals surface area contributed by atoms with Crippen LogP contribution in [0.25, 0.3) is 0 Å². The van der Waals surface area contributed by atoms with Crippen LogP contribution in [0.3, 0.4) is 0 Å². The number of hydrogen-bond donors (Lipinski definition) is 0. The molecule has 1 aliphatic rings. The summed E-state index contributed by atoms with van der Waals surface area (Å²) in [7, 11) is -3.59. The molecule has 0 saturated carbocycles. The molecule has 1 aliphatic heterocycles. The first-order chi connectivity index (χ1) is 14.9. The third-order valence-corrected chi connectivity index (χ3v) is 7.64. The van der Waals surface area contributed by atoms with E-state index in [-0.39, 0.29) is 55.8 Å². The Kier molecular flexibility index (Phi) is 8.05. The van der Waals surface area contributed by atoms with Gasteiger partial charge in [0.05, 0.1) is 11.3 Å². The number of benzene rings is 2. The molecule has 0 unspecified atom stereocenters. The molecule has 31 heavy (non-hydrogen) atoms. The van der Waals surface area contributed by atoms with E-state index in [1.807, 2.05) is 0 Å². The molecule has 0 aliphatic carbocycles. The smallest absolute Gasteiger partial charge is 0.307 e. The maximum absolute atomic E-state index is 12.9. The van der Waals surface area contributed by atoms with Gasteiger partial charge in [-0.3, -0.25) is 9.59 Å². The van der Waals surface area contributed by atoms with Crippen LogP contribution in [-0.2, 0) is 24.3 Å². The Bertz CT molecular complexity index is 992. The zero-order valence-electron chi connectivity index (χ0n) is 16.8. The molecule has 1 saturated heterocycles. The normalized spacial score (nSPS) is 14.9. The number of carbonyl (C=O) groups is 2. The molecule has 0 N–H and O–H groups in total. The van der Waals surface area contributed by atoms with Crippen LogP contribution in [0.1, 0.15) is 6.42 Å². The summed E-state index contributed by atoms with van der Waals surface area (Å²) in [5, 5.41) is 0. The van der Waals surface area contributed by atoms with Crippen LogP contribution in [0, 0.1) is 5.82 Å². The molecule has 3 rings (SSSR count). The monoisotopic (exact) mass is 466 g/mol. The number of halogens is 1. The third-order valence-electron chi connectivity index (χ3n) is 4.72. The highest BCUT2D eigenvalue weighted by Gasteiger charge is 2.30. The van der Waals surface area contributed by atoms with Gasteiger partial charge in [0.25, 0.3) is 5.91 Å². The molecule has 0 spiro atoms. The highest BCUT2D eigenvalue weighted by atomic mass is 32.2. The summed E-state index contributed by atoms with van der Waals surface area (Å²) in [4.78, 5) is 26.7. The van der Waals surface area contributed by atoms with Gasteiger partial charge >= 0.3 is 5.97 Å². The Balaban J connectivity index is 1.38. The van der Waals surface area contributed by atoms with Crippen LogP contribution in [-0.4, -0.2) is 68.0 Å². The van der Waals surface area contributed by atoms with Crippen LogP contribution >= 0.6 is 11.8 Å². The van der Waals surface area contributed by atoms with Gasteiger partial charge in [0.2, 0.25) is 10.0 Å². The maximum atomic E-state index is 12.9. The zero-order valence-corrected chi connectivity index (χ0v) is 18.4. The van der Waals surface area contributed by atoms with E-state index in [4.69, 9.17) is 4.74 Å².